The highest BCUT2D eigenvalue weighted by Gasteiger charge is 2.33. The standard InChI is InChI=1S/C14H12N2O4S/c17-13-8-16(9-14(18)15-13)21(19,20)12-7-3-5-10-4-1-2-6-11(10)12/h1-7H,8-9H2,(H,15,17,18). The lowest BCUT2D eigenvalue weighted by atomic mass is 10.1. The molecule has 7 heteroatoms. The Labute approximate surface area is 121 Å². The predicted octanol–water partition coefficient (Wildman–Crippen LogP) is 0.487. The molecule has 2 amide bonds. The molecule has 1 saturated heterocycles. The van der Waals surface area contributed by atoms with E-state index in [-0.39, 0.29) is 18.0 Å². The molecule has 1 fully saturated rings. The van der Waals surface area contributed by atoms with Crippen molar-refractivity contribution in [3.05, 3.63) is 42.5 Å². The molecule has 6 nitrogen and oxygen atoms in total. The lowest BCUT2D eigenvalue weighted by Gasteiger charge is -2.25. The van der Waals surface area contributed by atoms with Gasteiger partial charge in [0.15, 0.2) is 0 Å². The van der Waals surface area contributed by atoms with Gasteiger partial charge in [0.1, 0.15) is 0 Å². The monoisotopic (exact) mass is 304 g/mol. The molecule has 1 aliphatic rings. The summed E-state index contributed by atoms with van der Waals surface area (Å²) in [6.45, 7) is -0.700. The maximum absolute atomic E-state index is 12.7. The molecule has 0 aromatic heterocycles. The molecule has 3 rings (SSSR count). The molecule has 21 heavy (non-hydrogen) atoms. The first-order valence-electron chi connectivity index (χ1n) is 6.29. The summed E-state index contributed by atoms with van der Waals surface area (Å²) in [5.74, 6) is -1.23. The Kier molecular flexibility index (Phi) is 3.23. The summed E-state index contributed by atoms with van der Waals surface area (Å²) in [4.78, 5) is 22.9. The lowest BCUT2D eigenvalue weighted by Crippen LogP contribution is -2.53. The van der Waals surface area contributed by atoms with Gasteiger partial charge in [-0.25, -0.2) is 8.42 Å². The third-order valence-electron chi connectivity index (χ3n) is 3.29. The second kappa shape index (κ2) is 4.94. The second-order valence-electron chi connectivity index (χ2n) is 4.72. The fraction of sp³-hybridized carbons (Fsp3) is 0.143. The largest absolute Gasteiger partial charge is 0.294 e. The van der Waals surface area contributed by atoms with Crippen LogP contribution in [0.2, 0.25) is 0 Å². The van der Waals surface area contributed by atoms with Crippen LogP contribution in [0.5, 0.6) is 0 Å². The zero-order valence-electron chi connectivity index (χ0n) is 10.9. The molecule has 0 bridgehead atoms. The van der Waals surface area contributed by atoms with Crippen molar-refractivity contribution in [2.45, 2.75) is 4.90 Å². The smallest absolute Gasteiger partial charge is 0.244 e. The van der Waals surface area contributed by atoms with Gasteiger partial charge in [0.05, 0.1) is 18.0 Å². The third kappa shape index (κ3) is 2.41. The summed E-state index contributed by atoms with van der Waals surface area (Å²) in [6, 6.07) is 12.0. The van der Waals surface area contributed by atoms with Gasteiger partial charge in [-0.05, 0) is 11.5 Å². The second-order valence-corrected chi connectivity index (χ2v) is 6.63. The molecule has 108 valence electrons. The van der Waals surface area contributed by atoms with Gasteiger partial charge in [0.2, 0.25) is 21.8 Å². The Bertz CT molecular complexity index is 824. The van der Waals surface area contributed by atoms with Crippen LogP contribution >= 0.6 is 0 Å². The first-order valence-corrected chi connectivity index (χ1v) is 7.73. The van der Waals surface area contributed by atoms with Gasteiger partial charge in [-0.3, -0.25) is 14.9 Å². The predicted molar refractivity (Wildman–Crippen MR) is 75.9 cm³/mol. The van der Waals surface area contributed by atoms with Crippen molar-refractivity contribution in [2.75, 3.05) is 13.1 Å². The van der Waals surface area contributed by atoms with Crippen LogP contribution in [0.1, 0.15) is 0 Å². The number of rotatable bonds is 2. The van der Waals surface area contributed by atoms with E-state index in [1.165, 1.54) is 6.07 Å². The van der Waals surface area contributed by atoms with E-state index in [0.29, 0.717) is 5.39 Å². The fourth-order valence-corrected chi connectivity index (χ4v) is 3.91. The number of piperazine rings is 1. The number of fused-ring (bicyclic) bond motifs is 1. The van der Waals surface area contributed by atoms with Crippen molar-refractivity contribution in [1.29, 1.82) is 0 Å². The number of sulfonamides is 1. The van der Waals surface area contributed by atoms with Gasteiger partial charge in [-0.15, -0.1) is 0 Å². The van der Waals surface area contributed by atoms with Gasteiger partial charge >= 0.3 is 0 Å². The Balaban J connectivity index is 2.12. The molecule has 2 aromatic rings. The summed E-state index contributed by atoms with van der Waals surface area (Å²) in [7, 11) is -3.90. The summed E-state index contributed by atoms with van der Waals surface area (Å²) in [5, 5.41) is 3.44. The number of nitrogens with zero attached hydrogens (tertiary/aromatic N) is 1. The first-order chi connectivity index (χ1) is 9.98. The van der Waals surface area contributed by atoms with E-state index in [2.05, 4.69) is 5.32 Å². The minimum absolute atomic E-state index is 0.100. The molecule has 0 aliphatic carbocycles. The van der Waals surface area contributed by atoms with Gasteiger partial charge in [0, 0.05) is 5.39 Å². The number of hydrogen-bond donors (Lipinski definition) is 1. The van der Waals surface area contributed by atoms with Crippen LogP contribution in [0.3, 0.4) is 0 Å². The van der Waals surface area contributed by atoms with Crippen LogP contribution < -0.4 is 5.32 Å². The molecule has 0 saturated carbocycles. The summed E-state index contributed by atoms with van der Waals surface area (Å²) in [6.07, 6.45) is 0. The summed E-state index contributed by atoms with van der Waals surface area (Å²) < 4.78 is 26.3. The van der Waals surface area contributed by atoms with Gasteiger partial charge in [0.25, 0.3) is 0 Å². The van der Waals surface area contributed by atoms with Crippen LogP contribution in [0.4, 0.5) is 0 Å². The zero-order valence-corrected chi connectivity index (χ0v) is 11.8. The highest BCUT2D eigenvalue weighted by atomic mass is 32.2. The van der Waals surface area contributed by atoms with E-state index in [0.717, 1.165) is 9.69 Å². The molecule has 2 aromatic carbocycles. The number of amides is 2. The van der Waals surface area contributed by atoms with Crippen LogP contribution in [0.25, 0.3) is 10.8 Å². The molecule has 0 unspecified atom stereocenters. The van der Waals surface area contributed by atoms with E-state index in [1.54, 1.807) is 18.2 Å². The van der Waals surface area contributed by atoms with Crippen molar-refractivity contribution >= 4 is 32.6 Å². The van der Waals surface area contributed by atoms with E-state index >= 15 is 0 Å². The maximum atomic E-state index is 12.7. The lowest BCUT2D eigenvalue weighted by molar-refractivity contribution is -0.134. The Morgan fingerprint density at radius 3 is 2.24 bits per heavy atom. The minimum Gasteiger partial charge on any atom is -0.294 e. The fourth-order valence-electron chi connectivity index (χ4n) is 2.34. The topological polar surface area (TPSA) is 83.6 Å². The average molecular weight is 304 g/mol. The molecular weight excluding hydrogens is 292 g/mol. The Hall–Kier alpha value is -2.25. The molecule has 1 N–H and O–H groups in total. The molecule has 0 atom stereocenters. The van der Waals surface area contributed by atoms with Crippen LogP contribution in [0, 0.1) is 0 Å². The van der Waals surface area contributed by atoms with E-state index < -0.39 is 21.8 Å². The zero-order chi connectivity index (χ0) is 15.0. The highest BCUT2D eigenvalue weighted by Crippen LogP contribution is 2.25. The van der Waals surface area contributed by atoms with E-state index in [1.807, 2.05) is 18.2 Å². The maximum Gasteiger partial charge on any atom is 0.244 e. The molecule has 1 aliphatic heterocycles. The summed E-state index contributed by atoms with van der Waals surface area (Å²) in [5.41, 5.74) is 0. The highest BCUT2D eigenvalue weighted by molar-refractivity contribution is 7.89. The Morgan fingerprint density at radius 1 is 0.905 bits per heavy atom. The number of nitrogens with one attached hydrogen (secondary N) is 1. The van der Waals surface area contributed by atoms with E-state index in [4.69, 9.17) is 0 Å². The number of carbonyl (C=O) groups excluding carboxylic acids is 2. The van der Waals surface area contributed by atoms with Crippen molar-refractivity contribution in [3.8, 4) is 0 Å². The van der Waals surface area contributed by atoms with Crippen LogP contribution in [-0.4, -0.2) is 37.6 Å². The summed E-state index contributed by atoms with van der Waals surface area (Å²) >= 11 is 0. The average Bonchev–Trinajstić information content (AvgIpc) is 2.45. The third-order valence-corrected chi connectivity index (χ3v) is 5.14. The normalized spacial score (nSPS) is 17.0. The molecule has 1 heterocycles. The van der Waals surface area contributed by atoms with Gasteiger partial charge < -0.3 is 0 Å². The SMILES string of the molecule is O=C1CN(S(=O)(=O)c2cccc3ccccc23)CC(=O)N1. The van der Waals surface area contributed by atoms with E-state index in [9.17, 15) is 18.0 Å². The number of benzene rings is 2. The number of imide groups is 1. The minimum atomic E-state index is -3.90. The molecule has 0 spiro atoms. The van der Waals surface area contributed by atoms with Crippen molar-refractivity contribution in [3.63, 3.8) is 0 Å². The first kappa shape index (κ1) is 13.7. The van der Waals surface area contributed by atoms with Crippen molar-refractivity contribution in [2.24, 2.45) is 0 Å². The number of hydrogen-bond acceptors (Lipinski definition) is 4. The number of carbonyl (C=O) groups is 2. The van der Waals surface area contributed by atoms with Gasteiger partial charge in [-0.1, -0.05) is 36.4 Å². The van der Waals surface area contributed by atoms with Crippen LogP contribution in [0.15, 0.2) is 47.4 Å². The Morgan fingerprint density at radius 2 is 1.52 bits per heavy atom. The van der Waals surface area contributed by atoms with Crippen LogP contribution in [-0.2, 0) is 19.6 Å². The quantitative estimate of drug-likeness (QED) is 0.818. The van der Waals surface area contributed by atoms with Crippen molar-refractivity contribution < 1.29 is 18.0 Å². The molecule has 0 radical (unpaired) electrons. The molecular formula is C14H12N2O4S. The van der Waals surface area contributed by atoms with Crippen molar-refractivity contribution in [1.82, 2.24) is 9.62 Å². The van der Waals surface area contributed by atoms with Gasteiger partial charge in [-0.2, -0.15) is 4.31 Å².